The van der Waals surface area contributed by atoms with Crippen molar-refractivity contribution in [1.82, 2.24) is 10.4 Å². The average Bonchev–Trinajstić information content (AvgIpc) is 3.08. The van der Waals surface area contributed by atoms with Crippen LogP contribution in [0.15, 0.2) is 65.8 Å². The van der Waals surface area contributed by atoms with Gasteiger partial charge in [-0.25, -0.2) is 20.0 Å². The molecule has 0 bridgehead atoms. The first-order chi connectivity index (χ1) is 16.3. The van der Waals surface area contributed by atoms with Gasteiger partial charge in [-0.05, 0) is 59.2 Å². The molecule has 2 atom stereocenters. The van der Waals surface area contributed by atoms with Crippen LogP contribution in [0.2, 0.25) is 0 Å². The van der Waals surface area contributed by atoms with E-state index in [1.54, 1.807) is 41.5 Å². The minimum Gasteiger partial charge on any atom is -0.443 e. The smallest absolute Gasteiger partial charge is 0.429 e. The van der Waals surface area contributed by atoms with E-state index in [0.29, 0.717) is 0 Å². The number of hydrazine groups is 1. The summed E-state index contributed by atoms with van der Waals surface area (Å²) in [5.74, 6) is -0.0528. The van der Waals surface area contributed by atoms with E-state index in [9.17, 15) is 9.59 Å². The molecule has 2 amide bonds. The van der Waals surface area contributed by atoms with E-state index < -0.39 is 23.4 Å². The molecule has 8 nitrogen and oxygen atoms in total. The van der Waals surface area contributed by atoms with Gasteiger partial charge in [-0.2, -0.15) is 5.10 Å². The molecule has 1 aliphatic rings. The zero-order valence-electron chi connectivity index (χ0n) is 21.6. The van der Waals surface area contributed by atoms with Crippen molar-refractivity contribution in [3.63, 3.8) is 0 Å². The van der Waals surface area contributed by atoms with Crippen LogP contribution < -0.4 is 10.4 Å². The predicted octanol–water partition coefficient (Wildman–Crippen LogP) is 5.59. The first kappa shape index (κ1) is 26.1. The largest absolute Gasteiger partial charge is 0.443 e. The van der Waals surface area contributed by atoms with E-state index in [2.05, 4.69) is 12.3 Å². The van der Waals surface area contributed by atoms with Gasteiger partial charge in [0.05, 0.1) is 24.0 Å². The third-order valence-electron chi connectivity index (χ3n) is 5.24. The maximum absolute atomic E-state index is 13.1. The van der Waals surface area contributed by atoms with Crippen LogP contribution in [0.3, 0.4) is 0 Å². The van der Waals surface area contributed by atoms with E-state index in [0.717, 1.165) is 17.0 Å². The fourth-order valence-corrected chi connectivity index (χ4v) is 3.75. The van der Waals surface area contributed by atoms with Crippen molar-refractivity contribution in [3.8, 4) is 0 Å². The average molecular weight is 481 g/mol. The molecule has 0 aliphatic carbocycles. The number of hydrazone groups is 1. The maximum atomic E-state index is 13.1. The Labute approximate surface area is 207 Å². The predicted molar refractivity (Wildman–Crippen MR) is 137 cm³/mol. The highest BCUT2D eigenvalue weighted by Crippen LogP contribution is 2.31. The highest BCUT2D eigenvalue weighted by Gasteiger charge is 2.39. The van der Waals surface area contributed by atoms with Crippen LogP contribution in [0, 0.1) is 5.92 Å². The normalized spacial score (nSPS) is 18.0. The number of nitrogens with one attached hydrogen (secondary N) is 1. The SMILES string of the molecule is C[C@H]1C(c2ccccc2)=NN(c2ccccc2)[C@@H]1CN(NC(=O)OC(C)(C)C)C(=O)OC(C)(C)C. The van der Waals surface area contributed by atoms with Gasteiger partial charge in [0.1, 0.15) is 11.2 Å². The monoisotopic (exact) mass is 480 g/mol. The molecule has 2 aromatic carbocycles. The number of hydrogen-bond acceptors (Lipinski definition) is 6. The summed E-state index contributed by atoms with van der Waals surface area (Å²) in [6.45, 7) is 12.8. The van der Waals surface area contributed by atoms with E-state index in [-0.39, 0.29) is 18.5 Å². The van der Waals surface area contributed by atoms with Gasteiger partial charge in [0.2, 0.25) is 0 Å². The summed E-state index contributed by atoms with van der Waals surface area (Å²) >= 11 is 0. The summed E-state index contributed by atoms with van der Waals surface area (Å²) in [6.07, 6.45) is -1.40. The molecule has 2 aromatic rings. The number of para-hydroxylation sites is 1. The number of amides is 2. The second kappa shape index (κ2) is 10.4. The molecule has 35 heavy (non-hydrogen) atoms. The number of hydrogen-bond donors (Lipinski definition) is 1. The number of anilines is 1. The van der Waals surface area contributed by atoms with Crippen LogP contribution in [-0.2, 0) is 9.47 Å². The second-order valence-corrected chi connectivity index (χ2v) is 10.6. The summed E-state index contributed by atoms with van der Waals surface area (Å²) in [7, 11) is 0. The molecule has 1 heterocycles. The quantitative estimate of drug-likeness (QED) is 0.577. The Kier molecular flexibility index (Phi) is 7.73. The van der Waals surface area contributed by atoms with Gasteiger partial charge in [0.15, 0.2) is 0 Å². The fourth-order valence-electron chi connectivity index (χ4n) is 3.75. The number of carbonyl (C=O) groups is 2. The van der Waals surface area contributed by atoms with Crippen molar-refractivity contribution in [1.29, 1.82) is 0 Å². The van der Waals surface area contributed by atoms with Gasteiger partial charge in [-0.1, -0.05) is 55.5 Å². The van der Waals surface area contributed by atoms with Crippen molar-refractivity contribution in [3.05, 3.63) is 66.2 Å². The first-order valence-electron chi connectivity index (χ1n) is 11.8. The van der Waals surface area contributed by atoms with Crippen LogP contribution >= 0.6 is 0 Å². The third kappa shape index (κ3) is 7.21. The van der Waals surface area contributed by atoms with Gasteiger partial charge < -0.3 is 9.47 Å². The Morgan fingerprint density at radius 2 is 1.46 bits per heavy atom. The van der Waals surface area contributed by atoms with E-state index >= 15 is 0 Å². The third-order valence-corrected chi connectivity index (χ3v) is 5.24. The van der Waals surface area contributed by atoms with Crippen molar-refractivity contribution in [2.24, 2.45) is 11.0 Å². The lowest BCUT2D eigenvalue weighted by molar-refractivity contribution is -0.000357. The number of nitrogens with zero attached hydrogens (tertiary/aromatic N) is 3. The van der Waals surface area contributed by atoms with E-state index in [1.165, 1.54) is 5.01 Å². The zero-order chi connectivity index (χ0) is 25.8. The van der Waals surface area contributed by atoms with E-state index in [4.69, 9.17) is 14.6 Å². The van der Waals surface area contributed by atoms with Crippen LogP contribution in [0.5, 0.6) is 0 Å². The molecule has 0 fully saturated rings. The number of carbonyl (C=O) groups excluding carboxylic acids is 2. The zero-order valence-corrected chi connectivity index (χ0v) is 21.6. The van der Waals surface area contributed by atoms with Crippen molar-refractivity contribution < 1.29 is 19.1 Å². The molecule has 3 rings (SSSR count). The fraction of sp³-hybridized carbons (Fsp3) is 0.444. The topological polar surface area (TPSA) is 83.5 Å². The highest BCUT2D eigenvalue weighted by atomic mass is 16.6. The lowest BCUT2D eigenvalue weighted by atomic mass is 9.92. The molecular formula is C27H36N4O4. The number of benzene rings is 2. The Morgan fingerprint density at radius 3 is 2.00 bits per heavy atom. The molecule has 0 unspecified atom stereocenters. The van der Waals surface area contributed by atoms with Crippen molar-refractivity contribution >= 4 is 23.6 Å². The van der Waals surface area contributed by atoms with Gasteiger partial charge in [-0.3, -0.25) is 5.01 Å². The van der Waals surface area contributed by atoms with E-state index in [1.807, 2.05) is 65.7 Å². The Bertz CT molecular complexity index is 1040. The number of ether oxygens (including phenoxy) is 2. The second-order valence-electron chi connectivity index (χ2n) is 10.6. The summed E-state index contributed by atoms with van der Waals surface area (Å²) in [4.78, 5) is 25.7. The van der Waals surface area contributed by atoms with Gasteiger partial charge in [-0.15, -0.1) is 0 Å². The molecule has 8 heteroatoms. The number of rotatable bonds is 4. The van der Waals surface area contributed by atoms with Crippen LogP contribution in [0.4, 0.5) is 15.3 Å². The highest BCUT2D eigenvalue weighted by molar-refractivity contribution is 6.04. The lowest BCUT2D eigenvalue weighted by Gasteiger charge is -2.33. The summed E-state index contributed by atoms with van der Waals surface area (Å²) in [6, 6.07) is 19.4. The molecule has 0 spiro atoms. The van der Waals surface area contributed by atoms with Gasteiger partial charge >= 0.3 is 12.2 Å². The molecular weight excluding hydrogens is 444 g/mol. The van der Waals surface area contributed by atoms with Gasteiger partial charge in [0, 0.05) is 5.92 Å². The minimum atomic E-state index is -0.739. The minimum absolute atomic E-state index is 0.0528. The first-order valence-corrected chi connectivity index (χ1v) is 11.8. The Balaban J connectivity index is 1.93. The maximum Gasteiger partial charge on any atom is 0.429 e. The van der Waals surface area contributed by atoms with Crippen LogP contribution in [0.25, 0.3) is 0 Å². The van der Waals surface area contributed by atoms with Crippen LogP contribution in [0.1, 0.15) is 54.0 Å². The van der Waals surface area contributed by atoms with Crippen molar-refractivity contribution in [2.45, 2.75) is 65.7 Å². The molecule has 0 aromatic heterocycles. The van der Waals surface area contributed by atoms with Crippen molar-refractivity contribution in [2.75, 3.05) is 11.6 Å². The summed E-state index contributed by atoms with van der Waals surface area (Å²) in [5, 5.41) is 8.03. The molecule has 188 valence electrons. The molecule has 1 aliphatic heterocycles. The summed E-state index contributed by atoms with van der Waals surface area (Å²) in [5.41, 5.74) is 3.93. The molecule has 0 radical (unpaired) electrons. The molecule has 0 saturated carbocycles. The summed E-state index contributed by atoms with van der Waals surface area (Å²) < 4.78 is 11.0. The standard InChI is InChI=1S/C27H36N4O4/c1-19-22(18-30(25(33)35-27(5,6)7)29-24(32)34-26(2,3)4)31(21-16-12-9-13-17-21)28-23(19)20-14-10-8-11-15-20/h8-17,19,22H,18H2,1-7H3,(H,29,32)/t19-,22-/m1/s1. The Hall–Kier alpha value is -3.55. The lowest BCUT2D eigenvalue weighted by Crippen LogP contribution is -2.55. The molecule has 1 N–H and O–H groups in total. The van der Waals surface area contributed by atoms with Crippen LogP contribution in [-0.4, -0.2) is 46.7 Å². The van der Waals surface area contributed by atoms with Gasteiger partial charge in [0.25, 0.3) is 0 Å². The molecule has 0 saturated heterocycles. The Morgan fingerprint density at radius 1 is 0.914 bits per heavy atom.